The molecular formula is C21H22ClNO5. The predicted octanol–water partition coefficient (Wildman–Crippen LogP) is 4.72. The Morgan fingerprint density at radius 3 is 2.71 bits per heavy atom. The fraction of sp³-hybridized carbons (Fsp3) is 0.381. The predicted molar refractivity (Wildman–Crippen MR) is 105 cm³/mol. The molecule has 2 aliphatic rings. The van der Waals surface area contributed by atoms with Crippen molar-refractivity contribution in [3.05, 3.63) is 52.5 Å². The summed E-state index contributed by atoms with van der Waals surface area (Å²) >= 11 is 6.08. The summed E-state index contributed by atoms with van der Waals surface area (Å²) in [6, 6.07) is 11.4. The van der Waals surface area contributed by atoms with Gasteiger partial charge in [0.1, 0.15) is 12.4 Å². The monoisotopic (exact) mass is 403 g/mol. The minimum absolute atomic E-state index is 0.236. The normalized spacial score (nSPS) is 19.4. The highest BCUT2D eigenvalue weighted by molar-refractivity contribution is 6.30. The first-order valence-corrected chi connectivity index (χ1v) is 9.68. The molecule has 2 heterocycles. The van der Waals surface area contributed by atoms with Crippen LogP contribution in [0.15, 0.2) is 36.4 Å². The number of carboxylic acid groups (broad SMARTS) is 1. The molecule has 4 rings (SSSR count). The van der Waals surface area contributed by atoms with E-state index >= 15 is 0 Å². The van der Waals surface area contributed by atoms with Gasteiger partial charge in [0.2, 0.25) is 0 Å². The van der Waals surface area contributed by atoms with Crippen LogP contribution in [-0.4, -0.2) is 42.9 Å². The van der Waals surface area contributed by atoms with Gasteiger partial charge in [0, 0.05) is 29.2 Å². The largest absolute Gasteiger partial charge is 0.496 e. The fourth-order valence-electron chi connectivity index (χ4n) is 3.92. The maximum absolute atomic E-state index is 11.2. The Morgan fingerprint density at radius 1 is 1.21 bits per heavy atom. The zero-order valence-corrected chi connectivity index (χ0v) is 16.3. The summed E-state index contributed by atoms with van der Waals surface area (Å²) in [7, 11) is 1.61. The first-order chi connectivity index (χ1) is 13.6. The van der Waals surface area contributed by atoms with E-state index in [1.165, 1.54) is 4.90 Å². The molecule has 1 amide bonds. The molecule has 0 bridgehead atoms. The second-order valence-electron chi connectivity index (χ2n) is 7.02. The standard InChI is InChI=1S/C21H22ClNO5/c1-26-18-11-14(22)5-6-16(18)19-12-27-17-4-2-3-15(20(17)28-19)13-7-9-23(10-8-13)21(24)25/h2-6,11,13,19H,7-10,12H2,1H3,(H,24,25)/t19-/m0/s1. The van der Waals surface area contributed by atoms with Crippen LogP contribution >= 0.6 is 11.6 Å². The maximum atomic E-state index is 11.2. The number of nitrogens with zero attached hydrogens (tertiary/aromatic N) is 1. The summed E-state index contributed by atoms with van der Waals surface area (Å²) in [6.45, 7) is 1.43. The number of fused-ring (bicyclic) bond motifs is 1. The molecule has 6 nitrogen and oxygen atoms in total. The summed E-state index contributed by atoms with van der Waals surface area (Å²) in [4.78, 5) is 12.6. The van der Waals surface area contributed by atoms with Gasteiger partial charge in [-0.2, -0.15) is 0 Å². The lowest BCUT2D eigenvalue weighted by Crippen LogP contribution is -2.37. The van der Waals surface area contributed by atoms with Crippen molar-refractivity contribution in [2.24, 2.45) is 0 Å². The van der Waals surface area contributed by atoms with Gasteiger partial charge >= 0.3 is 6.09 Å². The molecule has 0 unspecified atom stereocenters. The molecule has 2 aromatic carbocycles. The summed E-state index contributed by atoms with van der Waals surface area (Å²) in [5, 5.41) is 9.78. The Labute approximate surface area is 168 Å². The van der Waals surface area contributed by atoms with Crippen LogP contribution < -0.4 is 14.2 Å². The van der Waals surface area contributed by atoms with Crippen LogP contribution in [0.4, 0.5) is 4.79 Å². The van der Waals surface area contributed by atoms with E-state index in [1.807, 2.05) is 30.3 Å². The molecule has 2 aliphatic heterocycles. The summed E-state index contributed by atoms with van der Waals surface area (Å²) in [5.41, 5.74) is 1.95. The number of piperidine rings is 1. The quantitative estimate of drug-likeness (QED) is 0.803. The number of benzene rings is 2. The van der Waals surface area contributed by atoms with Gasteiger partial charge in [-0.05, 0) is 43.0 Å². The highest BCUT2D eigenvalue weighted by Crippen LogP contribution is 2.45. The number of halogens is 1. The number of carbonyl (C=O) groups is 1. The first kappa shape index (κ1) is 18.7. The van der Waals surface area contributed by atoms with E-state index in [1.54, 1.807) is 13.2 Å². The Morgan fingerprint density at radius 2 is 2.00 bits per heavy atom. The van der Waals surface area contributed by atoms with Gasteiger partial charge in [-0.1, -0.05) is 23.7 Å². The molecule has 0 spiro atoms. The molecule has 0 radical (unpaired) electrons. The van der Waals surface area contributed by atoms with E-state index in [9.17, 15) is 9.90 Å². The lowest BCUT2D eigenvalue weighted by Gasteiger charge is -2.34. The first-order valence-electron chi connectivity index (χ1n) is 9.30. The van der Waals surface area contributed by atoms with Gasteiger partial charge in [-0.3, -0.25) is 0 Å². The van der Waals surface area contributed by atoms with Gasteiger partial charge in [-0.25, -0.2) is 4.79 Å². The van der Waals surface area contributed by atoms with E-state index in [2.05, 4.69) is 0 Å². The topological polar surface area (TPSA) is 68.2 Å². The number of ether oxygens (including phenoxy) is 3. The third kappa shape index (κ3) is 3.56. The number of hydrogen-bond acceptors (Lipinski definition) is 4. The number of methoxy groups -OCH3 is 1. The van der Waals surface area contributed by atoms with Gasteiger partial charge in [0.05, 0.1) is 7.11 Å². The molecule has 148 valence electrons. The molecule has 1 saturated heterocycles. The van der Waals surface area contributed by atoms with Crippen LogP contribution in [-0.2, 0) is 0 Å². The van der Waals surface area contributed by atoms with E-state index in [0.29, 0.717) is 30.5 Å². The lowest BCUT2D eigenvalue weighted by atomic mass is 9.88. The second kappa shape index (κ2) is 7.80. The number of hydrogen-bond donors (Lipinski definition) is 1. The maximum Gasteiger partial charge on any atom is 0.407 e. The van der Waals surface area contributed by atoms with Crippen LogP contribution in [0.1, 0.15) is 36.0 Å². The third-order valence-corrected chi connectivity index (χ3v) is 5.64. The number of amides is 1. The minimum atomic E-state index is -0.858. The molecular weight excluding hydrogens is 382 g/mol. The molecule has 0 saturated carbocycles. The van der Waals surface area contributed by atoms with Gasteiger partial charge in [0.25, 0.3) is 0 Å². The van der Waals surface area contributed by atoms with Crippen LogP contribution in [0.3, 0.4) is 0 Å². The molecule has 1 N–H and O–H groups in total. The van der Waals surface area contributed by atoms with E-state index in [4.69, 9.17) is 25.8 Å². The molecule has 0 aromatic heterocycles. The minimum Gasteiger partial charge on any atom is -0.496 e. The Kier molecular flexibility index (Phi) is 5.22. The average molecular weight is 404 g/mol. The van der Waals surface area contributed by atoms with Crippen molar-refractivity contribution in [3.8, 4) is 17.2 Å². The third-order valence-electron chi connectivity index (χ3n) is 5.41. The summed E-state index contributed by atoms with van der Waals surface area (Å²) in [5.74, 6) is 2.36. The summed E-state index contributed by atoms with van der Waals surface area (Å²) in [6.07, 6.45) is 0.366. The number of para-hydroxylation sites is 1. The Balaban J connectivity index is 1.60. The van der Waals surface area contributed by atoms with E-state index < -0.39 is 6.09 Å². The zero-order chi connectivity index (χ0) is 19.7. The molecule has 0 aliphatic carbocycles. The van der Waals surface area contributed by atoms with Crippen molar-refractivity contribution in [2.75, 3.05) is 26.8 Å². The molecule has 28 heavy (non-hydrogen) atoms. The van der Waals surface area contributed by atoms with Gasteiger partial charge in [-0.15, -0.1) is 0 Å². The Bertz CT molecular complexity index is 879. The van der Waals surface area contributed by atoms with Crippen molar-refractivity contribution in [2.45, 2.75) is 24.9 Å². The molecule has 2 aromatic rings. The van der Waals surface area contributed by atoms with Crippen LogP contribution in [0.2, 0.25) is 5.02 Å². The zero-order valence-electron chi connectivity index (χ0n) is 15.6. The van der Waals surface area contributed by atoms with Crippen molar-refractivity contribution < 1.29 is 24.1 Å². The van der Waals surface area contributed by atoms with Crippen molar-refractivity contribution in [1.29, 1.82) is 0 Å². The van der Waals surface area contributed by atoms with Gasteiger partial charge in [0.15, 0.2) is 17.6 Å². The van der Waals surface area contributed by atoms with E-state index in [0.717, 1.165) is 35.5 Å². The average Bonchev–Trinajstić information content (AvgIpc) is 2.73. The Hall–Kier alpha value is -2.60. The lowest BCUT2D eigenvalue weighted by molar-refractivity contribution is 0.0862. The number of likely N-dealkylation sites (tertiary alicyclic amines) is 1. The van der Waals surface area contributed by atoms with Crippen molar-refractivity contribution in [1.82, 2.24) is 4.90 Å². The highest BCUT2D eigenvalue weighted by atomic mass is 35.5. The van der Waals surface area contributed by atoms with Crippen LogP contribution in [0, 0.1) is 0 Å². The van der Waals surface area contributed by atoms with Crippen LogP contribution in [0.5, 0.6) is 17.2 Å². The molecule has 7 heteroatoms. The molecule has 1 atom stereocenters. The SMILES string of the molecule is COc1cc(Cl)ccc1[C@@H]1COc2cccc(C3CCN(C(=O)O)CC3)c2O1. The number of rotatable bonds is 3. The van der Waals surface area contributed by atoms with Crippen LogP contribution in [0.25, 0.3) is 0 Å². The second-order valence-corrected chi connectivity index (χ2v) is 7.46. The summed E-state index contributed by atoms with van der Waals surface area (Å²) < 4.78 is 17.8. The van der Waals surface area contributed by atoms with Crippen molar-refractivity contribution in [3.63, 3.8) is 0 Å². The van der Waals surface area contributed by atoms with Gasteiger partial charge < -0.3 is 24.2 Å². The smallest absolute Gasteiger partial charge is 0.407 e. The highest BCUT2D eigenvalue weighted by Gasteiger charge is 2.31. The van der Waals surface area contributed by atoms with Crippen molar-refractivity contribution >= 4 is 17.7 Å². The molecule has 1 fully saturated rings. The fourth-order valence-corrected chi connectivity index (χ4v) is 4.08. The van der Waals surface area contributed by atoms with E-state index in [-0.39, 0.29) is 12.0 Å².